The third-order valence-corrected chi connectivity index (χ3v) is 17.7. The number of amides is 4. The first-order valence-corrected chi connectivity index (χ1v) is 28.7. The van der Waals surface area contributed by atoms with Gasteiger partial charge in [-0.15, -0.1) is 0 Å². The van der Waals surface area contributed by atoms with E-state index in [2.05, 4.69) is 62.2 Å². The third-order valence-electron chi connectivity index (χ3n) is 17.1. The first kappa shape index (κ1) is 54.0. The number of anilines is 6. The number of nitrogens with one attached hydrogen (secondary N) is 2. The van der Waals surface area contributed by atoms with Crippen LogP contribution < -0.4 is 30.9 Å². The van der Waals surface area contributed by atoms with E-state index in [1.165, 1.54) is 26.8 Å². The Labute approximate surface area is 458 Å². The molecule has 2 saturated heterocycles. The molecule has 3 fully saturated rings. The summed E-state index contributed by atoms with van der Waals surface area (Å²) in [5, 5.41) is 17.1. The highest BCUT2D eigenvalue weighted by Crippen LogP contribution is 2.48. The monoisotopic (exact) mass is 1100 g/mol. The van der Waals surface area contributed by atoms with Crippen LogP contribution in [0.15, 0.2) is 78.4 Å². The molecule has 4 aliphatic heterocycles. The lowest BCUT2D eigenvalue weighted by Gasteiger charge is -2.47. The molecule has 0 radical (unpaired) electrons. The summed E-state index contributed by atoms with van der Waals surface area (Å²) in [5.74, 6) is -0.917. The second-order valence-corrected chi connectivity index (χ2v) is 24.2. The second kappa shape index (κ2) is 20.6. The van der Waals surface area contributed by atoms with Crippen LogP contribution in [-0.2, 0) is 46.9 Å². The van der Waals surface area contributed by atoms with Crippen molar-refractivity contribution >= 4 is 65.8 Å². The molecule has 2 aromatic carbocycles. The molecule has 5 aromatic rings. The number of aliphatic hydroxyl groups excluding tert-OH is 1. The number of phosphoric acid groups is 1. The van der Waals surface area contributed by atoms with Crippen LogP contribution >= 0.6 is 7.82 Å². The Morgan fingerprint density at radius 2 is 1.65 bits per heavy atom. The van der Waals surface area contributed by atoms with E-state index in [1.807, 2.05) is 30.3 Å². The minimum absolute atomic E-state index is 0.00931. The van der Waals surface area contributed by atoms with E-state index >= 15 is 0 Å². The van der Waals surface area contributed by atoms with Crippen molar-refractivity contribution in [1.82, 2.24) is 28.9 Å². The van der Waals surface area contributed by atoms with Gasteiger partial charge in [0.15, 0.2) is 5.82 Å². The maximum Gasteiger partial charge on any atom is 0.470 e. The molecular formula is C57H68N11O10P. The van der Waals surface area contributed by atoms with Crippen LogP contribution in [0, 0.1) is 5.41 Å². The summed E-state index contributed by atoms with van der Waals surface area (Å²) in [6.07, 6.45) is 9.22. The first-order valence-electron chi connectivity index (χ1n) is 27.2. The van der Waals surface area contributed by atoms with Gasteiger partial charge in [0.1, 0.15) is 11.5 Å². The molecule has 11 rings (SSSR count). The average molecular weight is 1100 g/mol. The molecule has 7 heterocycles. The molecule has 5 N–H and O–H groups in total. The van der Waals surface area contributed by atoms with Crippen molar-refractivity contribution in [1.29, 1.82) is 0 Å². The predicted molar refractivity (Wildman–Crippen MR) is 299 cm³/mol. The summed E-state index contributed by atoms with van der Waals surface area (Å²) in [5.41, 5.74) is 6.35. The third kappa shape index (κ3) is 10.2. The van der Waals surface area contributed by atoms with Gasteiger partial charge in [-0.3, -0.25) is 43.2 Å². The second-order valence-electron chi connectivity index (χ2n) is 23.1. The van der Waals surface area contributed by atoms with Crippen LogP contribution in [0.3, 0.4) is 0 Å². The number of nitrogens with zero attached hydrogens (tertiary/aromatic N) is 9. The molecule has 3 aromatic heterocycles. The minimum atomic E-state index is -4.71. The number of aliphatic hydroxyl groups is 1. The molecule has 0 spiro atoms. The standard InChI is InChI=1S/C57H68N11O10P/c1-7-48(70)60-42-28-36(59-50-55(74)62(6)32-43(61-50)39-15-20-58-51(41(39)33-69)67-26-25-66-46(53(67)72)27-35-29-56(3,4)30-47(35)66)11-12-44(42)65-24-23-64(31-34(65)2)37-16-21-63(22-17-37)45-10-8-9-40-49(45)54(73)68(52(40)71)38-13-18-57(5,19-14-38)78-79(75,76)77/h7-12,15,20,27-28,32,34,37-38,69H,1,13-14,16-19,21-26,29-31,33H2,2-6H3,(H,59,61)(H,60,70)(H2,75,76,77)/t34-,38?,57?/m0/s1. The zero-order valence-corrected chi connectivity index (χ0v) is 46.2. The van der Waals surface area contributed by atoms with E-state index in [0.29, 0.717) is 109 Å². The van der Waals surface area contributed by atoms with Crippen LogP contribution in [0.25, 0.3) is 11.3 Å². The van der Waals surface area contributed by atoms with Gasteiger partial charge >= 0.3 is 7.82 Å². The van der Waals surface area contributed by atoms with Gasteiger partial charge in [0.2, 0.25) is 5.91 Å². The van der Waals surface area contributed by atoms with Crippen molar-refractivity contribution < 1.29 is 43.2 Å². The fourth-order valence-corrected chi connectivity index (χ4v) is 14.0. The van der Waals surface area contributed by atoms with Gasteiger partial charge in [-0.05, 0) is 125 Å². The molecule has 2 aliphatic carbocycles. The number of benzene rings is 2. The minimum Gasteiger partial charge on any atom is -0.392 e. The number of pyridine rings is 1. The highest BCUT2D eigenvalue weighted by molar-refractivity contribution is 7.46. The normalized spacial score (nSPS) is 22.5. The SMILES string of the molecule is C=CC(=O)Nc1cc(Nc2nc(-c3ccnc(N4CCn5c(cc6c5CC(C)(C)C6)C4=O)c3CO)cn(C)c2=O)ccc1N1CCN(C2CCN(c3cccc4c3C(=O)N(C3CCC(C)(OP(=O)(O)O)CC3)C4=O)CC2)C[C@@H]1C. The Balaban J connectivity index is 0.758. The van der Waals surface area contributed by atoms with E-state index in [4.69, 9.17) is 9.51 Å². The molecule has 79 heavy (non-hydrogen) atoms. The summed E-state index contributed by atoms with van der Waals surface area (Å²) in [4.78, 5) is 107. The van der Waals surface area contributed by atoms with Crippen molar-refractivity contribution in [3.63, 3.8) is 0 Å². The van der Waals surface area contributed by atoms with Crippen molar-refractivity contribution in [3.8, 4) is 11.3 Å². The van der Waals surface area contributed by atoms with Crippen LogP contribution in [0.5, 0.6) is 0 Å². The first-order chi connectivity index (χ1) is 37.6. The summed E-state index contributed by atoms with van der Waals surface area (Å²) in [6, 6.07) is 14.6. The predicted octanol–water partition coefficient (Wildman–Crippen LogP) is 6.38. The van der Waals surface area contributed by atoms with Gasteiger partial charge in [0.05, 0.1) is 46.1 Å². The number of aryl methyl sites for hydroxylation is 1. The molecule has 1 atom stereocenters. The van der Waals surface area contributed by atoms with Crippen molar-refractivity contribution in [2.45, 2.75) is 116 Å². The van der Waals surface area contributed by atoms with Gasteiger partial charge in [0.25, 0.3) is 23.3 Å². The number of fused-ring (bicyclic) bond motifs is 4. The molecule has 416 valence electrons. The maximum absolute atomic E-state index is 14.1. The van der Waals surface area contributed by atoms with E-state index in [1.54, 1.807) is 49.5 Å². The highest BCUT2D eigenvalue weighted by atomic mass is 31.2. The zero-order chi connectivity index (χ0) is 55.9. The van der Waals surface area contributed by atoms with Gasteiger partial charge in [-0.2, -0.15) is 0 Å². The largest absolute Gasteiger partial charge is 0.470 e. The van der Waals surface area contributed by atoms with Gasteiger partial charge in [-0.25, -0.2) is 14.5 Å². The van der Waals surface area contributed by atoms with Crippen LogP contribution in [0.2, 0.25) is 0 Å². The lowest BCUT2D eigenvalue weighted by molar-refractivity contribution is -0.111. The summed E-state index contributed by atoms with van der Waals surface area (Å²) < 4.78 is 20.2. The fourth-order valence-electron chi connectivity index (χ4n) is 13.2. The molecule has 0 bridgehead atoms. The molecule has 4 amide bonds. The quantitative estimate of drug-likeness (QED) is 0.0488. The summed E-state index contributed by atoms with van der Waals surface area (Å²) in [6.45, 7) is 16.1. The fraction of sp³-hybridized carbons (Fsp3) is 0.456. The molecule has 1 saturated carbocycles. The molecular weight excluding hydrogens is 1030 g/mol. The van der Waals surface area contributed by atoms with Crippen molar-refractivity contribution in [3.05, 3.63) is 118 Å². The van der Waals surface area contributed by atoms with Crippen molar-refractivity contribution in [2.75, 3.05) is 64.6 Å². The maximum atomic E-state index is 14.1. The highest BCUT2D eigenvalue weighted by Gasteiger charge is 2.47. The summed E-state index contributed by atoms with van der Waals surface area (Å²) >= 11 is 0. The van der Waals surface area contributed by atoms with Crippen LogP contribution in [0.1, 0.15) is 114 Å². The van der Waals surface area contributed by atoms with E-state index in [9.17, 15) is 43.4 Å². The molecule has 21 nitrogen and oxygen atoms in total. The van der Waals surface area contributed by atoms with Gasteiger partial charge in [-0.1, -0.05) is 26.5 Å². The van der Waals surface area contributed by atoms with Crippen LogP contribution in [0.4, 0.5) is 34.4 Å². The molecule has 0 unspecified atom stereocenters. The van der Waals surface area contributed by atoms with Gasteiger partial charge in [0, 0.05) is 106 Å². The van der Waals surface area contributed by atoms with Gasteiger partial charge < -0.3 is 44.5 Å². The number of rotatable bonds is 13. The number of piperidine rings is 1. The Morgan fingerprint density at radius 3 is 2.35 bits per heavy atom. The summed E-state index contributed by atoms with van der Waals surface area (Å²) in [7, 11) is -3.09. The average Bonchev–Trinajstić information content (AvgIpc) is 4.27. The lowest BCUT2D eigenvalue weighted by Crippen LogP contribution is -2.57. The number of imide groups is 1. The smallest absolute Gasteiger partial charge is 0.392 e. The van der Waals surface area contributed by atoms with Crippen LogP contribution in [-0.4, -0.2) is 130 Å². The Kier molecular flexibility index (Phi) is 14.1. The molecule has 6 aliphatic rings. The Hall–Kier alpha value is -7.00. The van der Waals surface area contributed by atoms with E-state index in [0.717, 1.165) is 50.1 Å². The number of carbonyl (C=O) groups excluding carboxylic acids is 4. The van der Waals surface area contributed by atoms with E-state index < -0.39 is 37.5 Å². The number of aromatic nitrogens is 4. The number of piperazine rings is 1. The number of phosphoric ester groups is 1. The molecule has 22 heteroatoms. The lowest BCUT2D eigenvalue weighted by atomic mass is 9.83. The van der Waals surface area contributed by atoms with Crippen molar-refractivity contribution in [2.24, 2.45) is 12.5 Å². The topological polar surface area (TPSA) is 248 Å². The number of hydrogen-bond donors (Lipinski definition) is 5. The Bertz CT molecular complexity index is 3430. The Morgan fingerprint density at radius 1 is 0.886 bits per heavy atom. The number of carbonyl (C=O) groups is 4. The number of hydrogen-bond acceptors (Lipinski definition) is 14. The van der Waals surface area contributed by atoms with E-state index in [-0.39, 0.29) is 41.0 Å². The zero-order valence-electron chi connectivity index (χ0n) is 45.3.